The quantitative estimate of drug-likeness (QED) is 0.682. The number of carbonyl (C=O) groups is 3. The summed E-state index contributed by atoms with van der Waals surface area (Å²) in [5, 5.41) is 0. The zero-order valence-corrected chi connectivity index (χ0v) is 16.5. The fraction of sp³-hybridized carbons (Fsp3) is 0.318. The Morgan fingerprint density at radius 2 is 1.97 bits per heavy atom. The van der Waals surface area contributed by atoms with E-state index in [2.05, 4.69) is 0 Å². The minimum Gasteiger partial charge on any atom is -0.458 e. The number of rotatable bonds is 6. The molecular formula is C22H21FN2O5. The van der Waals surface area contributed by atoms with E-state index in [1.807, 2.05) is 0 Å². The summed E-state index contributed by atoms with van der Waals surface area (Å²) in [6, 6.07) is 12.4. The number of hydrogen-bond acceptors (Lipinski definition) is 5. The highest BCUT2D eigenvalue weighted by Crippen LogP contribution is 2.45. The maximum atomic E-state index is 13.5. The van der Waals surface area contributed by atoms with E-state index in [-0.39, 0.29) is 44.4 Å². The Hall–Kier alpha value is -3.26. The van der Waals surface area contributed by atoms with Crippen molar-refractivity contribution in [2.24, 2.45) is 0 Å². The van der Waals surface area contributed by atoms with Gasteiger partial charge in [0, 0.05) is 26.5 Å². The van der Waals surface area contributed by atoms with Crippen LogP contribution < -0.4 is 4.90 Å². The van der Waals surface area contributed by atoms with Crippen molar-refractivity contribution >= 4 is 23.5 Å². The van der Waals surface area contributed by atoms with Crippen LogP contribution in [0.5, 0.6) is 0 Å². The molecule has 2 heterocycles. The minimum absolute atomic E-state index is 0.0974. The van der Waals surface area contributed by atoms with Crippen molar-refractivity contribution in [3.05, 3.63) is 65.5 Å². The zero-order valence-electron chi connectivity index (χ0n) is 16.5. The van der Waals surface area contributed by atoms with Crippen LogP contribution in [0, 0.1) is 5.82 Å². The van der Waals surface area contributed by atoms with E-state index in [0.717, 1.165) is 0 Å². The van der Waals surface area contributed by atoms with Gasteiger partial charge in [-0.2, -0.15) is 0 Å². The van der Waals surface area contributed by atoms with E-state index >= 15 is 0 Å². The average Bonchev–Trinajstić information content (AvgIpc) is 3.10. The molecule has 0 aliphatic carbocycles. The van der Waals surface area contributed by atoms with E-state index in [1.165, 1.54) is 35.1 Å². The van der Waals surface area contributed by atoms with Gasteiger partial charge in [0.1, 0.15) is 12.4 Å². The van der Waals surface area contributed by atoms with Gasteiger partial charge in [0.15, 0.2) is 0 Å². The van der Waals surface area contributed by atoms with Gasteiger partial charge in [-0.15, -0.1) is 0 Å². The van der Waals surface area contributed by atoms with Crippen molar-refractivity contribution in [1.82, 2.24) is 4.90 Å². The Balaban J connectivity index is 1.73. The number of hydrogen-bond donors (Lipinski definition) is 0. The molecule has 0 aromatic heterocycles. The topological polar surface area (TPSA) is 76.2 Å². The second-order valence-electron chi connectivity index (χ2n) is 7.22. The largest absolute Gasteiger partial charge is 0.458 e. The van der Waals surface area contributed by atoms with Crippen LogP contribution in [0.3, 0.4) is 0 Å². The fourth-order valence-corrected chi connectivity index (χ4v) is 4.13. The number of anilines is 1. The number of para-hydroxylation sites is 1. The third-order valence-corrected chi connectivity index (χ3v) is 5.48. The van der Waals surface area contributed by atoms with Gasteiger partial charge in [-0.1, -0.05) is 24.3 Å². The van der Waals surface area contributed by atoms with Crippen LogP contribution in [0.4, 0.5) is 10.1 Å². The molecule has 2 aromatic carbocycles. The second-order valence-corrected chi connectivity index (χ2v) is 7.22. The molecule has 0 bridgehead atoms. The van der Waals surface area contributed by atoms with Gasteiger partial charge >= 0.3 is 5.97 Å². The molecule has 156 valence electrons. The number of nitrogens with zero attached hydrogens (tertiary/aromatic N) is 2. The third kappa shape index (κ3) is 3.13. The Bertz CT molecular complexity index is 1010. The lowest BCUT2D eigenvalue weighted by Crippen LogP contribution is -2.68. The molecule has 8 heteroatoms. The van der Waals surface area contributed by atoms with Gasteiger partial charge in [-0.3, -0.25) is 14.5 Å². The summed E-state index contributed by atoms with van der Waals surface area (Å²) < 4.78 is 24.1. The van der Waals surface area contributed by atoms with Crippen LogP contribution in [-0.2, 0) is 25.7 Å². The van der Waals surface area contributed by atoms with Gasteiger partial charge in [0.2, 0.25) is 11.6 Å². The first-order valence-corrected chi connectivity index (χ1v) is 9.63. The second kappa shape index (κ2) is 7.87. The van der Waals surface area contributed by atoms with Crippen molar-refractivity contribution in [1.29, 1.82) is 0 Å². The third-order valence-electron chi connectivity index (χ3n) is 5.48. The lowest BCUT2D eigenvalue weighted by atomic mass is 9.96. The highest BCUT2D eigenvalue weighted by atomic mass is 19.1. The summed E-state index contributed by atoms with van der Waals surface area (Å²) in [7, 11) is 1.49. The number of carbonyl (C=O) groups excluding carboxylic acids is 3. The van der Waals surface area contributed by atoms with Crippen LogP contribution in [0.15, 0.2) is 48.5 Å². The fourth-order valence-electron chi connectivity index (χ4n) is 4.13. The van der Waals surface area contributed by atoms with Gasteiger partial charge in [-0.05, 0) is 29.8 Å². The number of halogens is 1. The number of methoxy groups -OCH3 is 1. The lowest BCUT2D eigenvalue weighted by molar-refractivity contribution is -0.159. The predicted octanol–water partition coefficient (Wildman–Crippen LogP) is 2.49. The van der Waals surface area contributed by atoms with Crippen LogP contribution in [-0.4, -0.2) is 48.6 Å². The molecule has 7 nitrogen and oxygen atoms in total. The van der Waals surface area contributed by atoms with Gasteiger partial charge in [0.05, 0.1) is 17.9 Å². The molecule has 2 aliphatic rings. The van der Waals surface area contributed by atoms with Crippen LogP contribution in [0.2, 0.25) is 0 Å². The average molecular weight is 412 g/mol. The number of fused-ring (bicyclic) bond motifs is 3. The SMILES string of the molecule is COCCN1C(=O)c2ccccc2N2C(=O)CC[C@]12C(=O)OCc1cccc(F)c1. The molecule has 0 unspecified atom stereocenters. The Morgan fingerprint density at radius 3 is 2.73 bits per heavy atom. The van der Waals surface area contributed by atoms with E-state index in [4.69, 9.17) is 9.47 Å². The minimum atomic E-state index is -1.59. The lowest BCUT2D eigenvalue weighted by Gasteiger charge is -2.48. The van der Waals surface area contributed by atoms with Gasteiger partial charge in [-0.25, -0.2) is 9.18 Å². The van der Waals surface area contributed by atoms with Crippen LogP contribution >= 0.6 is 0 Å². The standard InChI is InChI=1S/C22H21FN2O5/c1-29-12-11-24-20(27)17-7-2-3-8-18(17)25-19(26)9-10-22(24,25)21(28)30-14-15-5-4-6-16(23)13-15/h2-8,13H,9-12,14H2,1H3/t22-/m0/s1. The molecule has 4 rings (SSSR count). The molecule has 0 saturated carbocycles. The van der Waals surface area contributed by atoms with Crippen molar-refractivity contribution in [3.63, 3.8) is 0 Å². The summed E-state index contributed by atoms with van der Waals surface area (Å²) >= 11 is 0. The monoisotopic (exact) mass is 412 g/mol. The maximum Gasteiger partial charge on any atom is 0.354 e. The Morgan fingerprint density at radius 1 is 1.17 bits per heavy atom. The van der Waals surface area contributed by atoms with Gasteiger partial charge in [0.25, 0.3) is 5.91 Å². The van der Waals surface area contributed by atoms with E-state index in [0.29, 0.717) is 16.8 Å². The Labute approximate surface area is 173 Å². The number of amides is 2. The highest BCUT2D eigenvalue weighted by molar-refractivity contribution is 6.15. The summed E-state index contributed by atoms with van der Waals surface area (Å²) in [6.07, 6.45) is 0.206. The normalized spacial score (nSPS) is 20.2. The summed E-state index contributed by atoms with van der Waals surface area (Å²) in [5.74, 6) is -1.80. The zero-order chi connectivity index (χ0) is 21.3. The first-order valence-electron chi connectivity index (χ1n) is 9.63. The van der Waals surface area contributed by atoms with Gasteiger partial charge < -0.3 is 14.4 Å². The highest BCUT2D eigenvalue weighted by Gasteiger charge is 2.61. The first-order chi connectivity index (χ1) is 14.5. The number of ether oxygens (including phenoxy) is 2. The number of esters is 1. The number of benzene rings is 2. The Kier molecular flexibility index (Phi) is 5.26. The molecule has 30 heavy (non-hydrogen) atoms. The molecule has 1 fully saturated rings. The van der Waals surface area contributed by atoms with Crippen LogP contribution in [0.25, 0.3) is 0 Å². The van der Waals surface area contributed by atoms with Crippen molar-refractivity contribution in [2.45, 2.75) is 25.1 Å². The maximum absolute atomic E-state index is 13.5. The summed E-state index contributed by atoms with van der Waals surface area (Å²) in [6.45, 7) is 0.131. The molecule has 1 atom stereocenters. The molecule has 1 saturated heterocycles. The molecule has 0 radical (unpaired) electrons. The smallest absolute Gasteiger partial charge is 0.354 e. The van der Waals surface area contributed by atoms with Crippen LogP contribution in [0.1, 0.15) is 28.8 Å². The molecule has 2 aromatic rings. The molecule has 0 spiro atoms. The molecular weight excluding hydrogens is 391 g/mol. The van der Waals surface area contributed by atoms with E-state index in [9.17, 15) is 18.8 Å². The predicted molar refractivity (Wildman–Crippen MR) is 105 cm³/mol. The van der Waals surface area contributed by atoms with Crippen molar-refractivity contribution in [3.8, 4) is 0 Å². The first kappa shape index (κ1) is 20.0. The molecule has 2 amide bonds. The molecule has 0 N–H and O–H groups in total. The summed E-state index contributed by atoms with van der Waals surface area (Å²) in [4.78, 5) is 42.2. The van der Waals surface area contributed by atoms with E-state index in [1.54, 1.807) is 30.3 Å². The van der Waals surface area contributed by atoms with E-state index < -0.39 is 17.4 Å². The molecule has 2 aliphatic heterocycles. The summed E-state index contributed by atoms with van der Waals surface area (Å²) in [5.41, 5.74) is -0.380. The van der Waals surface area contributed by atoms with Crippen molar-refractivity contribution < 1.29 is 28.2 Å². The van der Waals surface area contributed by atoms with Crippen molar-refractivity contribution in [2.75, 3.05) is 25.2 Å².